The quantitative estimate of drug-likeness (QED) is 0.122. The number of aromatic nitrogens is 1. The Kier molecular flexibility index (Phi) is 7.63. The fourth-order valence-corrected chi connectivity index (χ4v) is 7.64. The highest BCUT2D eigenvalue weighted by Gasteiger charge is 2.31. The van der Waals surface area contributed by atoms with Crippen molar-refractivity contribution in [1.82, 2.24) is 4.57 Å². The minimum Gasteiger partial charge on any atom is -0.360 e. The van der Waals surface area contributed by atoms with Crippen LogP contribution in [0, 0.1) is 10.8 Å². The van der Waals surface area contributed by atoms with Gasteiger partial charge in [-0.15, -0.1) is 0 Å². The first kappa shape index (κ1) is 31.1. The van der Waals surface area contributed by atoms with E-state index in [2.05, 4.69) is 125 Å². The molecule has 0 bridgehead atoms. The van der Waals surface area contributed by atoms with Crippen molar-refractivity contribution in [3.8, 4) is 16.8 Å². The summed E-state index contributed by atoms with van der Waals surface area (Å²) in [6, 6.07) is 59.8. The largest absolute Gasteiger partial charge is 0.360 e. The number of para-hydroxylation sites is 3. The van der Waals surface area contributed by atoms with Gasteiger partial charge in [-0.1, -0.05) is 127 Å². The average molecular weight is 673 g/mol. The first-order valence-electron chi connectivity index (χ1n) is 17.5. The van der Waals surface area contributed by atoms with Gasteiger partial charge in [0.15, 0.2) is 0 Å². The van der Waals surface area contributed by atoms with Crippen LogP contribution < -0.4 is 15.1 Å². The number of nitrogens with one attached hydrogen (secondary N) is 3. The highest BCUT2D eigenvalue weighted by molar-refractivity contribution is 6.27. The molecule has 3 N–H and O–H groups in total. The van der Waals surface area contributed by atoms with Crippen LogP contribution in [0.5, 0.6) is 0 Å². The van der Waals surface area contributed by atoms with Crippen molar-refractivity contribution < 1.29 is 0 Å². The monoisotopic (exact) mass is 672 g/mol. The molecule has 0 amide bonds. The van der Waals surface area contributed by atoms with Gasteiger partial charge in [-0.2, -0.15) is 0 Å². The van der Waals surface area contributed by atoms with Crippen molar-refractivity contribution in [2.45, 2.75) is 6.17 Å². The van der Waals surface area contributed by atoms with Gasteiger partial charge in [0.2, 0.25) is 0 Å². The van der Waals surface area contributed by atoms with E-state index >= 15 is 0 Å². The summed E-state index contributed by atoms with van der Waals surface area (Å²) in [5.74, 6) is 0.485. The minimum atomic E-state index is -0.0377. The normalized spacial score (nSPS) is 13.6. The van der Waals surface area contributed by atoms with Crippen LogP contribution in [-0.4, -0.2) is 23.3 Å². The van der Waals surface area contributed by atoms with Gasteiger partial charge in [-0.25, -0.2) is 0 Å². The summed E-state index contributed by atoms with van der Waals surface area (Å²) in [6.07, 6.45) is -0.0377. The zero-order valence-electron chi connectivity index (χ0n) is 28.7. The molecule has 1 unspecified atom stereocenters. The second-order valence-electron chi connectivity index (χ2n) is 13.1. The van der Waals surface area contributed by atoms with Crippen LogP contribution in [0.3, 0.4) is 0 Å². The Morgan fingerprint density at radius 2 is 1.15 bits per heavy atom. The molecule has 8 aromatic rings. The van der Waals surface area contributed by atoms with Gasteiger partial charge in [-0.05, 0) is 59.7 Å². The molecule has 0 saturated carbocycles. The fraction of sp³-hybridized carbons (Fsp3) is 0.0435. The van der Waals surface area contributed by atoms with Crippen LogP contribution in [0.4, 0.5) is 17.1 Å². The molecule has 1 atom stereocenters. The molecule has 1 aliphatic heterocycles. The number of benzene rings is 7. The van der Waals surface area contributed by atoms with Crippen molar-refractivity contribution in [2.75, 3.05) is 22.2 Å². The number of hydrogen-bond acceptors (Lipinski definition) is 4. The molecule has 0 aliphatic carbocycles. The van der Waals surface area contributed by atoms with E-state index in [1.165, 1.54) is 33.2 Å². The Bertz CT molecular complexity index is 2540. The van der Waals surface area contributed by atoms with Crippen molar-refractivity contribution in [3.63, 3.8) is 0 Å². The van der Waals surface area contributed by atoms with Crippen LogP contribution in [0.25, 0.3) is 38.6 Å². The van der Waals surface area contributed by atoms with Gasteiger partial charge in [0.1, 0.15) is 17.8 Å². The highest BCUT2D eigenvalue weighted by atomic mass is 15.3. The molecule has 9 rings (SSSR count). The molecule has 1 aliphatic rings. The minimum absolute atomic E-state index is 0.0377. The highest BCUT2D eigenvalue weighted by Crippen LogP contribution is 2.47. The standard InChI is InChI=1S/C46H36N6/c1-50-40-24-14-12-22-38(40)49-46(50)37-29-30-41-43(42(37)31-15-5-2-6-16-31)36-21-11-13-23-39(36)51(41)34-25-27-35(28-26-34)52(44(47)32-17-7-3-8-18-32)45(48)33-19-9-4-10-20-33/h2-30,46-49H,1H3. The third-order valence-corrected chi connectivity index (χ3v) is 10.1. The summed E-state index contributed by atoms with van der Waals surface area (Å²) >= 11 is 0. The first-order valence-corrected chi connectivity index (χ1v) is 17.5. The summed E-state index contributed by atoms with van der Waals surface area (Å²) in [4.78, 5) is 4.04. The number of hydrogen-bond donors (Lipinski definition) is 3. The average Bonchev–Trinajstić information content (AvgIpc) is 3.73. The van der Waals surface area contributed by atoms with Gasteiger partial charge < -0.3 is 14.8 Å². The Hall–Kier alpha value is -6.92. The molecular formula is C46H36N6. The molecule has 6 nitrogen and oxygen atoms in total. The molecule has 0 fully saturated rings. The SMILES string of the molecule is CN1c2ccccc2NC1c1ccc2c(c1-c1ccccc1)c1ccccc1n2-c1ccc(N(C(=N)c2ccccc2)C(=N)c2ccccc2)cc1. The molecule has 0 radical (unpaired) electrons. The first-order chi connectivity index (χ1) is 25.6. The third-order valence-electron chi connectivity index (χ3n) is 10.1. The molecule has 6 heteroatoms. The van der Waals surface area contributed by atoms with Crippen LogP contribution in [0.1, 0.15) is 22.9 Å². The third kappa shape index (κ3) is 5.12. The van der Waals surface area contributed by atoms with E-state index in [0.717, 1.165) is 39.2 Å². The van der Waals surface area contributed by atoms with E-state index in [9.17, 15) is 10.8 Å². The van der Waals surface area contributed by atoms with Crippen molar-refractivity contribution in [1.29, 1.82) is 10.8 Å². The lowest BCUT2D eigenvalue weighted by atomic mass is 9.92. The second kappa shape index (κ2) is 12.8. The van der Waals surface area contributed by atoms with E-state index in [1.807, 2.05) is 72.8 Å². The smallest absolute Gasteiger partial charge is 0.138 e. The fourth-order valence-electron chi connectivity index (χ4n) is 7.64. The van der Waals surface area contributed by atoms with E-state index in [-0.39, 0.29) is 17.8 Å². The Balaban J connectivity index is 1.21. The maximum atomic E-state index is 9.24. The van der Waals surface area contributed by atoms with E-state index < -0.39 is 0 Å². The van der Waals surface area contributed by atoms with Crippen LogP contribution in [0.15, 0.2) is 176 Å². The Labute approximate surface area is 302 Å². The lowest BCUT2D eigenvalue weighted by Gasteiger charge is -2.26. The number of anilines is 3. The maximum Gasteiger partial charge on any atom is 0.138 e. The molecule has 1 aromatic heterocycles. The van der Waals surface area contributed by atoms with Crippen molar-refractivity contribution in [2.24, 2.45) is 0 Å². The van der Waals surface area contributed by atoms with Crippen LogP contribution >= 0.6 is 0 Å². The summed E-state index contributed by atoms with van der Waals surface area (Å²) in [5.41, 5.74) is 11.4. The molecular weight excluding hydrogens is 637 g/mol. The Morgan fingerprint density at radius 3 is 1.81 bits per heavy atom. The van der Waals surface area contributed by atoms with E-state index in [0.29, 0.717) is 0 Å². The second-order valence-corrected chi connectivity index (χ2v) is 13.1. The topological polar surface area (TPSA) is 71.1 Å². The van der Waals surface area contributed by atoms with E-state index in [4.69, 9.17) is 0 Å². The van der Waals surface area contributed by atoms with Gasteiger partial charge >= 0.3 is 0 Å². The van der Waals surface area contributed by atoms with Crippen molar-refractivity contribution >= 4 is 50.5 Å². The van der Waals surface area contributed by atoms with Crippen molar-refractivity contribution in [3.05, 3.63) is 193 Å². The summed E-state index contributed by atoms with van der Waals surface area (Å²) in [6.45, 7) is 0. The molecule has 0 spiro atoms. The van der Waals surface area contributed by atoms with Gasteiger partial charge in [0, 0.05) is 45.9 Å². The lowest BCUT2D eigenvalue weighted by molar-refractivity contribution is 0.795. The Morgan fingerprint density at radius 1 is 0.577 bits per heavy atom. The molecule has 0 saturated heterocycles. The maximum absolute atomic E-state index is 9.24. The zero-order chi connectivity index (χ0) is 35.2. The van der Waals surface area contributed by atoms with Gasteiger partial charge in [0.25, 0.3) is 0 Å². The summed E-state index contributed by atoms with van der Waals surface area (Å²) in [7, 11) is 2.16. The summed E-state index contributed by atoms with van der Waals surface area (Å²) in [5, 5.41) is 24.7. The number of rotatable bonds is 6. The zero-order valence-corrected chi connectivity index (χ0v) is 28.7. The molecule has 7 aromatic carbocycles. The van der Waals surface area contributed by atoms with Crippen LogP contribution in [0.2, 0.25) is 0 Å². The lowest BCUT2D eigenvalue weighted by Crippen LogP contribution is -2.37. The molecule has 250 valence electrons. The predicted octanol–water partition coefficient (Wildman–Crippen LogP) is 10.9. The van der Waals surface area contributed by atoms with Crippen LogP contribution in [-0.2, 0) is 0 Å². The molecule has 52 heavy (non-hydrogen) atoms. The number of nitrogens with zero attached hydrogens (tertiary/aromatic N) is 3. The molecule has 2 heterocycles. The predicted molar refractivity (Wildman–Crippen MR) is 216 cm³/mol. The number of amidine groups is 2. The van der Waals surface area contributed by atoms with E-state index in [1.54, 1.807) is 4.90 Å². The van der Waals surface area contributed by atoms with Gasteiger partial charge in [0.05, 0.1) is 22.4 Å². The summed E-state index contributed by atoms with van der Waals surface area (Å²) < 4.78 is 2.33. The van der Waals surface area contributed by atoms with Gasteiger partial charge in [-0.3, -0.25) is 15.7 Å². The number of fused-ring (bicyclic) bond motifs is 4.